The van der Waals surface area contributed by atoms with E-state index in [-0.39, 0.29) is 0 Å². The van der Waals surface area contributed by atoms with Gasteiger partial charge in [0, 0.05) is 10.9 Å². The fraction of sp³-hybridized carbons (Fsp3) is 0.455. The normalized spacial score (nSPS) is 12.9. The second-order valence-electron chi connectivity index (χ2n) is 3.79. The van der Waals surface area contributed by atoms with Crippen LogP contribution in [0.2, 0.25) is 0 Å². The molecule has 2 heterocycles. The summed E-state index contributed by atoms with van der Waals surface area (Å²) in [7, 11) is 0. The largest absolute Gasteiger partial charge is 0.303 e. The van der Waals surface area contributed by atoms with Gasteiger partial charge in [-0.2, -0.15) is 0 Å². The van der Waals surface area contributed by atoms with Gasteiger partial charge < -0.3 is 5.32 Å². The Bertz CT molecular complexity index is 461. The third-order valence-electron chi connectivity index (χ3n) is 2.42. The van der Waals surface area contributed by atoms with E-state index in [9.17, 15) is 0 Å². The molecule has 2 rings (SSSR count). The Balaban J connectivity index is 1.93. The average molecular weight is 253 g/mol. The second kappa shape index (κ2) is 5.03. The lowest BCUT2D eigenvalue weighted by atomic mass is 10.2. The van der Waals surface area contributed by atoms with Crippen molar-refractivity contribution in [2.24, 2.45) is 0 Å². The summed E-state index contributed by atoms with van der Waals surface area (Å²) in [5.41, 5.74) is 1.36. The van der Waals surface area contributed by atoms with Crippen LogP contribution in [-0.4, -0.2) is 10.2 Å². The molecule has 0 aliphatic carbocycles. The molecular weight excluding hydrogens is 238 g/mol. The van der Waals surface area contributed by atoms with Crippen LogP contribution in [0.25, 0.3) is 0 Å². The zero-order valence-corrected chi connectivity index (χ0v) is 11.3. The first kappa shape index (κ1) is 11.7. The minimum Gasteiger partial charge on any atom is -0.303 e. The Hall–Kier alpha value is -0.780. The molecule has 0 aliphatic heterocycles. The molecule has 1 N–H and O–H groups in total. The zero-order chi connectivity index (χ0) is 11.5. The van der Waals surface area contributed by atoms with Crippen LogP contribution in [0.5, 0.6) is 0 Å². The van der Waals surface area contributed by atoms with Crippen molar-refractivity contribution in [3.8, 4) is 0 Å². The standard InChI is InChI=1S/C11H15N3S2/c1-7-4-5-15-11(7)8(2)12-6-10-14-13-9(3)16-10/h4-5,8,12H,6H2,1-3H3. The van der Waals surface area contributed by atoms with Crippen LogP contribution in [0.1, 0.15) is 33.4 Å². The van der Waals surface area contributed by atoms with E-state index in [2.05, 4.69) is 40.8 Å². The number of rotatable bonds is 4. The van der Waals surface area contributed by atoms with Crippen LogP contribution in [0, 0.1) is 13.8 Å². The highest BCUT2D eigenvalue weighted by Crippen LogP contribution is 2.23. The molecule has 0 aliphatic rings. The van der Waals surface area contributed by atoms with Gasteiger partial charge in [0.1, 0.15) is 10.0 Å². The van der Waals surface area contributed by atoms with Gasteiger partial charge in [-0.25, -0.2) is 0 Å². The SMILES string of the molecule is Cc1nnc(CNC(C)c2sccc2C)s1. The van der Waals surface area contributed by atoms with Crippen LogP contribution in [0.3, 0.4) is 0 Å². The van der Waals surface area contributed by atoms with E-state index in [4.69, 9.17) is 0 Å². The topological polar surface area (TPSA) is 37.8 Å². The van der Waals surface area contributed by atoms with Gasteiger partial charge in [0.05, 0.1) is 6.54 Å². The first-order valence-corrected chi connectivity index (χ1v) is 6.93. The van der Waals surface area contributed by atoms with Gasteiger partial charge in [0.2, 0.25) is 0 Å². The summed E-state index contributed by atoms with van der Waals surface area (Å²) in [6, 6.07) is 2.54. The van der Waals surface area contributed by atoms with Gasteiger partial charge in [-0.15, -0.1) is 32.9 Å². The third-order valence-corrected chi connectivity index (χ3v) is 4.46. The number of aryl methyl sites for hydroxylation is 2. The predicted octanol–water partition coefficient (Wildman–Crippen LogP) is 3.07. The van der Waals surface area contributed by atoms with Crippen LogP contribution >= 0.6 is 22.7 Å². The van der Waals surface area contributed by atoms with Crippen molar-refractivity contribution in [2.45, 2.75) is 33.4 Å². The smallest absolute Gasteiger partial charge is 0.131 e. The fourth-order valence-electron chi connectivity index (χ4n) is 1.57. The molecule has 86 valence electrons. The molecule has 0 aromatic carbocycles. The van der Waals surface area contributed by atoms with Crippen molar-refractivity contribution in [1.82, 2.24) is 15.5 Å². The molecule has 16 heavy (non-hydrogen) atoms. The maximum absolute atomic E-state index is 4.10. The average Bonchev–Trinajstić information content (AvgIpc) is 2.84. The first-order valence-electron chi connectivity index (χ1n) is 5.23. The van der Waals surface area contributed by atoms with Crippen molar-refractivity contribution in [3.63, 3.8) is 0 Å². The number of thiophene rings is 1. The number of hydrogen-bond donors (Lipinski definition) is 1. The maximum atomic E-state index is 4.10. The van der Waals surface area contributed by atoms with Crippen molar-refractivity contribution < 1.29 is 0 Å². The lowest BCUT2D eigenvalue weighted by molar-refractivity contribution is 0.577. The number of nitrogens with zero attached hydrogens (tertiary/aromatic N) is 2. The minimum atomic E-state index is 0.379. The highest BCUT2D eigenvalue weighted by Gasteiger charge is 2.10. The molecule has 0 amide bonds. The van der Waals surface area contributed by atoms with Crippen molar-refractivity contribution in [1.29, 1.82) is 0 Å². The monoisotopic (exact) mass is 253 g/mol. The molecule has 2 aromatic rings. The molecule has 5 heteroatoms. The van der Waals surface area contributed by atoms with Crippen LogP contribution in [0.15, 0.2) is 11.4 Å². The molecule has 0 saturated carbocycles. The Kier molecular flexibility index (Phi) is 3.68. The minimum absolute atomic E-state index is 0.379. The van der Waals surface area contributed by atoms with Crippen LogP contribution < -0.4 is 5.32 Å². The van der Waals surface area contributed by atoms with Crippen LogP contribution in [0.4, 0.5) is 0 Å². The van der Waals surface area contributed by atoms with Crippen molar-refractivity contribution >= 4 is 22.7 Å². The molecule has 0 fully saturated rings. The van der Waals surface area contributed by atoms with Gasteiger partial charge in [-0.1, -0.05) is 0 Å². The molecule has 0 bridgehead atoms. The molecule has 0 radical (unpaired) electrons. The van der Waals surface area contributed by atoms with E-state index in [1.54, 1.807) is 22.7 Å². The molecule has 1 unspecified atom stereocenters. The molecule has 3 nitrogen and oxygen atoms in total. The van der Waals surface area contributed by atoms with E-state index < -0.39 is 0 Å². The highest BCUT2D eigenvalue weighted by molar-refractivity contribution is 7.11. The summed E-state index contributed by atoms with van der Waals surface area (Å²) >= 11 is 3.45. The Morgan fingerprint density at radius 1 is 1.38 bits per heavy atom. The highest BCUT2D eigenvalue weighted by atomic mass is 32.1. The maximum Gasteiger partial charge on any atom is 0.131 e. The molecular formula is C11H15N3S2. The van der Waals surface area contributed by atoms with Crippen molar-refractivity contribution in [3.05, 3.63) is 31.9 Å². The fourth-order valence-corrected chi connectivity index (χ4v) is 3.19. The van der Waals surface area contributed by atoms with Gasteiger partial charge in [0.25, 0.3) is 0 Å². The lowest BCUT2D eigenvalue weighted by Crippen LogP contribution is -2.17. The van der Waals surface area contributed by atoms with Crippen molar-refractivity contribution in [2.75, 3.05) is 0 Å². The quantitative estimate of drug-likeness (QED) is 0.910. The van der Waals surface area contributed by atoms with Gasteiger partial charge in [0.15, 0.2) is 0 Å². The Labute approximate surface area is 104 Å². The predicted molar refractivity (Wildman–Crippen MR) is 69.0 cm³/mol. The van der Waals surface area contributed by atoms with E-state index >= 15 is 0 Å². The summed E-state index contributed by atoms with van der Waals surface area (Å²) in [5, 5.41) is 15.8. The lowest BCUT2D eigenvalue weighted by Gasteiger charge is -2.11. The van der Waals surface area contributed by atoms with Gasteiger partial charge in [-0.05, 0) is 37.8 Å². The Morgan fingerprint density at radius 3 is 2.75 bits per heavy atom. The van der Waals surface area contributed by atoms with Crippen LogP contribution in [-0.2, 0) is 6.54 Å². The zero-order valence-electron chi connectivity index (χ0n) is 9.65. The van der Waals surface area contributed by atoms with E-state index in [1.807, 2.05) is 6.92 Å². The summed E-state index contributed by atoms with van der Waals surface area (Å²) in [6.45, 7) is 7.11. The Morgan fingerprint density at radius 2 is 2.19 bits per heavy atom. The summed E-state index contributed by atoms with van der Waals surface area (Å²) in [6.07, 6.45) is 0. The summed E-state index contributed by atoms with van der Waals surface area (Å²) in [5.74, 6) is 0. The number of aromatic nitrogens is 2. The molecule has 0 spiro atoms. The van der Waals surface area contributed by atoms with E-state index in [1.165, 1.54) is 10.4 Å². The summed E-state index contributed by atoms with van der Waals surface area (Å²) < 4.78 is 0. The molecule has 0 saturated heterocycles. The number of nitrogens with one attached hydrogen (secondary N) is 1. The third kappa shape index (κ3) is 2.66. The number of hydrogen-bond acceptors (Lipinski definition) is 5. The summed E-state index contributed by atoms with van der Waals surface area (Å²) in [4.78, 5) is 1.40. The van der Waals surface area contributed by atoms with E-state index in [0.717, 1.165) is 16.6 Å². The van der Waals surface area contributed by atoms with E-state index in [0.29, 0.717) is 6.04 Å². The first-order chi connectivity index (χ1) is 7.66. The molecule has 2 aromatic heterocycles. The van der Waals surface area contributed by atoms with Gasteiger partial charge >= 0.3 is 0 Å². The van der Waals surface area contributed by atoms with Gasteiger partial charge in [-0.3, -0.25) is 0 Å². The molecule has 1 atom stereocenters. The second-order valence-corrected chi connectivity index (χ2v) is 6.00.